The molecule has 0 spiro atoms. The Morgan fingerprint density at radius 2 is 1.56 bits per heavy atom. The molecule has 42 valence electrons. The third-order valence-electron chi connectivity index (χ3n) is 0.814. The van der Waals surface area contributed by atoms with Crippen molar-refractivity contribution in [3.63, 3.8) is 0 Å². The largest absolute Gasteiger partial charge is 1.00 e. The van der Waals surface area contributed by atoms with E-state index in [1.807, 2.05) is 0 Å². The van der Waals surface area contributed by atoms with Gasteiger partial charge in [0, 0.05) is 0 Å². The van der Waals surface area contributed by atoms with Crippen LogP contribution in [0.3, 0.4) is 0 Å². The van der Waals surface area contributed by atoms with Crippen molar-refractivity contribution in [2.45, 2.75) is 0 Å². The summed E-state index contributed by atoms with van der Waals surface area (Å²) in [5.41, 5.74) is 0. The molecule has 1 aromatic rings. The summed E-state index contributed by atoms with van der Waals surface area (Å²) in [6, 6.07) is 4.66. The fourth-order valence-electron chi connectivity index (χ4n) is 0.435. The molecule has 3 heteroatoms. The van der Waals surface area contributed by atoms with Crippen LogP contribution in [0.5, 0.6) is 5.75 Å². The average Bonchev–Trinajstić information content (AvgIpc) is 1.77. The summed E-state index contributed by atoms with van der Waals surface area (Å²) in [6.45, 7) is 0. The van der Waals surface area contributed by atoms with Crippen molar-refractivity contribution in [2.75, 3.05) is 0 Å². The first kappa shape index (κ1) is 8.55. The molecule has 0 aromatic heterocycles. The zero-order valence-electron chi connectivity index (χ0n) is 5.10. The van der Waals surface area contributed by atoms with Gasteiger partial charge in [-0.1, -0.05) is 12.1 Å². The molecule has 0 amide bonds. The number of rotatable bonds is 0. The average molecular weight is 118 g/mol. The maximum absolute atomic E-state index is 11.9. The van der Waals surface area contributed by atoms with Gasteiger partial charge in [-0.2, -0.15) is 0 Å². The molecular weight excluding hydrogens is 114 g/mol. The van der Waals surface area contributed by atoms with Crippen LogP contribution in [0.15, 0.2) is 24.3 Å². The number of benzene rings is 1. The van der Waals surface area contributed by atoms with Crippen molar-refractivity contribution in [3.8, 4) is 5.75 Å². The van der Waals surface area contributed by atoms with E-state index >= 15 is 0 Å². The van der Waals surface area contributed by atoms with Gasteiger partial charge in [0.15, 0.2) is 0 Å². The Morgan fingerprint density at radius 3 is 1.89 bits per heavy atom. The van der Waals surface area contributed by atoms with E-state index in [9.17, 15) is 9.50 Å². The molecule has 1 aromatic carbocycles. The SMILES string of the molecule is [Li+].[O-]c1ccc(F)cc1. The van der Waals surface area contributed by atoms with Crippen LogP contribution in [0.4, 0.5) is 4.39 Å². The molecule has 0 saturated heterocycles. The van der Waals surface area contributed by atoms with Crippen molar-refractivity contribution in [3.05, 3.63) is 30.1 Å². The van der Waals surface area contributed by atoms with Crippen LogP contribution in [-0.2, 0) is 0 Å². The molecule has 0 radical (unpaired) electrons. The van der Waals surface area contributed by atoms with Gasteiger partial charge in [-0.15, -0.1) is 5.75 Å². The van der Waals surface area contributed by atoms with E-state index in [4.69, 9.17) is 0 Å². The molecule has 0 aliphatic rings. The molecule has 0 aliphatic carbocycles. The molecular formula is C6H4FLiO. The normalized spacial score (nSPS) is 8.11. The Hall–Kier alpha value is -0.453. The van der Waals surface area contributed by atoms with Crippen LogP contribution in [0, 0.1) is 5.82 Å². The van der Waals surface area contributed by atoms with Gasteiger partial charge in [-0.3, -0.25) is 0 Å². The smallest absolute Gasteiger partial charge is 0.872 e. The van der Waals surface area contributed by atoms with Crippen LogP contribution >= 0.6 is 0 Å². The van der Waals surface area contributed by atoms with Crippen LogP contribution in [0.1, 0.15) is 0 Å². The Bertz CT molecular complexity index is 152. The monoisotopic (exact) mass is 118 g/mol. The second kappa shape index (κ2) is 3.55. The predicted octanol–water partition coefficient (Wildman–Crippen LogP) is -2.10. The van der Waals surface area contributed by atoms with Gasteiger partial charge >= 0.3 is 18.9 Å². The van der Waals surface area contributed by atoms with Crippen molar-refractivity contribution in [2.24, 2.45) is 0 Å². The van der Waals surface area contributed by atoms with E-state index in [1.54, 1.807) is 0 Å². The van der Waals surface area contributed by atoms with Gasteiger partial charge in [-0.05, 0) is 12.1 Å². The van der Waals surface area contributed by atoms with Crippen LogP contribution in [0.2, 0.25) is 0 Å². The minimum atomic E-state index is -0.371. The van der Waals surface area contributed by atoms with Gasteiger partial charge in [0.05, 0.1) is 0 Å². The minimum absolute atomic E-state index is 0. The van der Waals surface area contributed by atoms with Crippen molar-refractivity contribution in [1.82, 2.24) is 0 Å². The summed E-state index contributed by atoms with van der Waals surface area (Å²) in [4.78, 5) is 0. The number of halogens is 1. The molecule has 0 saturated carbocycles. The molecule has 0 atom stereocenters. The summed E-state index contributed by atoms with van der Waals surface area (Å²) >= 11 is 0. The number of hydrogen-bond acceptors (Lipinski definition) is 1. The van der Waals surface area contributed by atoms with Gasteiger partial charge in [0.25, 0.3) is 0 Å². The molecule has 9 heavy (non-hydrogen) atoms. The maximum Gasteiger partial charge on any atom is 1.00 e. The molecule has 0 fully saturated rings. The molecule has 0 aliphatic heterocycles. The van der Waals surface area contributed by atoms with Crippen LogP contribution in [-0.4, -0.2) is 0 Å². The van der Waals surface area contributed by atoms with E-state index in [2.05, 4.69) is 0 Å². The first-order chi connectivity index (χ1) is 3.79. The van der Waals surface area contributed by atoms with Gasteiger partial charge in [-0.25, -0.2) is 4.39 Å². The summed E-state index contributed by atoms with van der Waals surface area (Å²) in [5.74, 6) is -0.531. The third-order valence-corrected chi connectivity index (χ3v) is 0.814. The van der Waals surface area contributed by atoms with Crippen molar-refractivity contribution >= 4 is 0 Å². The van der Waals surface area contributed by atoms with Gasteiger partial charge < -0.3 is 5.11 Å². The van der Waals surface area contributed by atoms with Gasteiger partial charge in [0.2, 0.25) is 0 Å². The zero-order chi connectivity index (χ0) is 5.98. The maximum atomic E-state index is 11.9. The van der Waals surface area contributed by atoms with E-state index in [1.165, 1.54) is 12.1 Å². The van der Waals surface area contributed by atoms with Crippen molar-refractivity contribution < 1.29 is 28.4 Å². The first-order valence-corrected chi connectivity index (χ1v) is 2.21. The Labute approximate surface area is 64.7 Å². The van der Waals surface area contributed by atoms with E-state index in [0.717, 1.165) is 12.1 Å². The molecule has 0 unspecified atom stereocenters. The van der Waals surface area contributed by atoms with Crippen molar-refractivity contribution in [1.29, 1.82) is 0 Å². The summed E-state index contributed by atoms with van der Waals surface area (Å²) in [5, 5.41) is 10.3. The second-order valence-electron chi connectivity index (χ2n) is 1.45. The first-order valence-electron chi connectivity index (χ1n) is 2.21. The van der Waals surface area contributed by atoms with Crippen LogP contribution < -0.4 is 24.0 Å². The standard InChI is InChI=1S/C6H5FO.Li/c7-5-1-3-6(8)4-2-5;/h1-4,8H;/q;+1/p-1. The van der Waals surface area contributed by atoms with E-state index in [0.29, 0.717) is 0 Å². The fourth-order valence-corrected chi connectivity index (χ4v) is 0.435. The third kappa shape index (κ3) is 2.55. The predicted molar refractivity (Wildman–Crippen MR) is 25.8 cm³/mol. The zero-order valence-corrected chi connectivity index (χ0v) is 5.10. The Kier molecular flexibility index (Phi) is 3.37. The van der Waals surface area contributed by atoms with E-state index in [-0.39, 0.29) is 30.4 Å². The Morgan fingerprint density at radius 1 is 1.11 bits per heavy atom. The molecule has 1 rings (SSSR count). The summed E-state index contributed by atoms with van der Waals surface area (Å²) in [6.07, 6.45) is 0. The summed E-state index contributed by atoms with van der Waals surface area (Å²) < 4.78 is 11.9. The van der Waals surface area contributed by atoms with Crippen LogP contribution in [0.25, 0.3) is 0 Å². The number of hydrogen-bond donors (Lipinski definition) is 0. The van der Waals surface area contributed by atoms with E-state index < -0.39 is 0 Å². The second-order valence-corrected chi connectivity index (χ2v) is 1.45. The Balaban J connectivity index is 0.000000640. The molecule has 0 N–H and O–H groups in total. The molecule has 0 heterocycles. The minimum Gasteiger partial charge on any atom is -0.872 e. The fraction of sp³-hybridized carbons (Fsp3) is 0. The molecule has 1 nitrogen and oxygen atoms in total. The topological polar surface area (TPSA) is 23.1 Å². The molecule has 0 bridgehead atoms. The van der Waals surface area contributed by atoms with Gasteiger partial charge in [0.1, 0.15) is 5.82 Å². The quantitative estimate of drug-likeness (QED) is 0.358. The summed E-state index contributed by atoms with van der Waals surface area (Å²) in [7, 11) is 0.